The predicted molar refractivity (Wildman–Crippen MR) is 89.2 cm³/mol. The number of nitrogens with zero attached hydrogens (tertiary/aromatic N) is 2. The van der Waals surface area contributed by atoms with E-state index >= 15 is 0 Å². The van der Waals surface area contributed by atoms with E-state index in [9.17, 15) is 9.65 Å². The van der Waals surface area contributed by atoms with Crippen LogP contribution in [0.2, 0.25) is 0 Å². The molecule has 0 saturated carbocycles. The molecule has 0 radical (unpaired) electrons. The molecular formula is C19H25FN2O2. The van der Waals surface area contributed by atoms with E-state index in [1.54, 1.807) is 12.1 Å². The third kappa shape index (κ3) is 4.46. The van der Waals surface area contributed by atoms with Gasteiger partial charge in [-0.2, -0.15) is 5.26 Å². The molecule has 0 unspecified atom stereocenters. The van der Waals surface area contributed by atoms with Crippen molar-refractivity contribution in [1.82, 2.24) is 4.90 Å². The fraction of sp³-hybridized carbons (Fsp3) is 0.632. The van der Waals surface area contributed by atoms with Crippen molar-refractivity contribution in [2.75, 3.05) is 32.8 Å². The molecular weight excluding hydrogens is 307 g/mol. The second-order valence-corrected chi connectivity index (χ2v) is 6.89. The second-order valence-electron chi connectivity index (χ2n) is 6.89. The van der Waals surface area contributed by atoms with Crippen LogP contribution >= 0.6 is 0 Å². The van der Waals surface area contributed by atoms with Gasteiger partial charge in [0.2, 0.25) is 0 Å². The molecule has 2 aliphatic heterocycles. The lowest BCUT2D eigenvalue weighted by Gasteiger charge is -2.31. The highest BCUT2D eigenvalue weighted by atomic mass is 19.1. The molecule has 1 aromatic rings. The van der Waals surface area contributed by atoms with Gasteiger partial charge >= 0.3 is 0 Å². The summed E-state index contributed by atoms with van der Waals surface area (Å²) < 4.78 is 24.5. The zero-order valence-electron chi connectivity index (χ0n) is 14.0. The van der Waals surface area contributed by atoms with Gasteiger partial charge in [0.1, 0.15) is 17.7 Å². The van der Waals surface area contributed by atoms with E-state index in [1.807, 2.05) is 0 Å². The van der Waals surface area contributed by atoms with Crippen molar-refractivity contribution in [3.8, 4) is 11.8 Å². The largest absolute Gasteiger partial charge is 0.489 e. The lowest BCUT2D eigenvalue weighted by atomic mass is 9.78. The van der Waals surface area contributed by atoms with Crippen molar-refractivity contribution in [3.05, 3.63) is 30.1 Å². The van der Waals surface area contributed by atoms with E-state index in [2.05, 4.69) is 11.0 Å². The van der Waals surface area contributed by atoms with Crippen LogP contribution in [0.5, 0.6) is 5.75 Å². The Morgan fingerprint density at radius 3 is 2.96 bits per heavy atom. The third-order valence-corrected chi connectivity index (χ3v) is 5.14. The molecule has 3 rings (SSSR count). The minimum absolute atomic E-state index is 0.125. The average molecular weight is 332 g/mol. The summed E-state index contributed by atoms with van der Waals surface area (Å²) in [5, 5.41) is 9.49. The Kier molecular flexibility index (Phi) is 5.70. The van der Waals surface area contributed by atoms with E-state index in [1.165, 1.54) is 12.1 Å². The van der Waals surface area contributed by atoms with Crippen molar-refractivity contribution >= 4 is 0 Å². The van der Waals surface area contributed by atoms with E-state index in [4.69, 9.17) is 9.47 Å². The van der Waals surface area contributed by atoms with E-state index in [0.717, 1.165) is 51.7 Å². The minimum Gasteiger partial charge on any atom is -0.489 e. The van der Waals surface area contributed by atoms with Crippen LogP contribution in [0, 0.1) is 22.6 Å². The number of benzene rings is 1. The molecule has 0 N–H and O–H groups in total. The molecule has 0 bridgehead atoms. The summed E-state index contributed by atoms with van der Waals surface area (Å²) in [7, 11) is 0. The first kappa shape index (κ1) is 17.2. The van der Waals surface area contributed by atoms with Gasteiger partial charge in [-0.15, -0.1) is 0 Å². The third-order valence-electron chi connectivity index (χ3n) is 5.14. The van der Waals surface area contributed by atoms with Crippen molar-refractivity contribution in [1.29, 1.82) is 5.26 Å². The Balaban J connectivity index is 1.41. The van der Waals surface area contributed by atoms with Crippen LogP contribution in [-0.2, 0) is 4.74 Å². The SMILES string of the molecule is N#CC1(CCCN2CC[C@@H](Oc3cccc(F)c3)C2)CCOCC1. The highest BCUT2D eigenvalue weighted by Crippen LogP contribution is 2.34. The molecule has 0 aliphatic carbocycles. The van der Waals surface area contributed by atoms with Crippen LogP contribution in [0.15, 0.2) is 24.3 Å². The van der Waals surface area contributed by atoms with Crippen LogP contribution in [0.4, 0.5) is 4.39 Å². The van der Waals surface area contributed by atoms with Gasteiger partial charge in [0.05, 0.1) is 11.5 Å². The molecule has 130 valence electrons. The second kappa shape index (κ2) is 7.96. The number of halogens is 1. The fourth-order valence-electron chi connectivity index (χ4n) is 3.65. The normalized spacial score (nSPS) is 23.8. The van der Waals surface area contributed by atoms with Gasteiger partial charge in [0.15, 0.2) is 0 Å². The molecule has 1 aromatic carbocycles. The molecule has 0 amide bonds. The standard InChI is InChI=1S/C19H25FN2O2/c20-16-3-1-4-17(13-16)24-18-5-10-22(14-18)9-2-6-19(15-21)7-11-23-12-8-19/h1,3-4,13,18H,2,5-12,14H2/t18-/m1/s1. The molecule has 2 heterocycles. The minimum atomic E-state index is -0.263. The van der Waals surface area contributed by atoms with Gasteiger partial charge in [0.25, 0.3) is 0 Å². The van der Waals surface area contributed by atoms with E-state index in [-0.39, 0.29) is 17.3 Å². The van der Waals surface area contributed by atoms with Gasteiger partial charge in [-0.1, -0.05) is 6.07 Å². The highest BCUT2D eigenvalue weighted by Gasteiger charge is 2.32. The zero-order chi connectivity index (χ0) is 16.8. The Morgan fingerprint density at radius 1 is 1.38 bits per heavy atom. The van der Waals surface area contributed by atoms with Crippen LogP contribution < -0.4 is 4.74 Å². The summed E-state index contributed by atoms with van der Waals surface area (Å²) in [6, 6.07) is 8.86. The molecule has 4 nitrogen and oxygen atoms in total. The summed E-state index contributed by atoms with van der Waals surface area (Å²) in [5.74, 6) is 0.341. The Morgan fingerprint density at radius 2 is 2.21 bits per heavy atom. The maximum Gasteiger partial charge on any atom is 0.126 e. The highest BCUT2D eigenvalue weighted by molar-refractivity contribution is 5.22. The van der Waals surface area contributed by atoms with Gasteiger partial charge in [0, 0.05) is 32.4 Å². The number of ether oxygens (including phenoxy) is 2. The van der Waals surface area contributed by atoms with Crippen molar-refractivity contribution < 1.29 is 13.9 Å². The molecule has 5 heteroatoms. The number of likely N-dealkylation sites (tertiary alicyclic amines) is 1. The summed E-state index contributed by atoms with van der Waals surface area (Å²) in [6.45, 7) is 4.29. The number of hydrogen-bond acceptors (Lipinski definition) is 4. The number of rotatable bonds is 6. The molecule has 2 saturated heterocycles. The first-order chi connectivity index (χ1) is 11.7. The zero-order valence-corrected chi connectivity index (χ0v) is 14.0. The molecule has 2 aliphatic rings. The lowest BCUT2D eigenvalue weighted by Crippen LogP contribution is -2.30. The summed E-state index contributed by atoms with van der Waals surface area (Å²) >= 11 is 0. The molecule has 0 spiro atoms. The maximum atomic E-state index is 13.2. The predicted octanol–water partition coefficient (Wildman–Crippen LogP) is 3.38. The van der Waals surface area contributed by atoms with Crippen LogP contribution in [-0.4, -0.2) is 43.9 Å². The molecule has 2 fully saturated rings. The Labute approximate surface area is 143 Å². The summed E-state index contributed by atoms with van der Waals surface area (Å²) in [6.07, 6.45) is 4.77. The number of hydrogen-bond donors (Lipinski definition) is 0. The molecule has 24 heavy (non-hydrogen) atoms. The first-order valence-electron chi connectivity index (χ1n) is 8.83. The first-order valence-corrected chi connectivity index (χ1v) is 8.83. The van der Waals surface area contributed by atoms with Gasteiger partial charge in [-0.05, 0) is 50.8 Å². The van der Waals surface area contributed by atoms with Crippen LogP contribution in [0.25, 0.3) is 0 Å². The lowest BCUT2D eigenvalue weighted by molar-refractivity contribution is 0.0351. The Hall–Kier alpha value is -1.64. The molecule has 0 aromatic heterocycles. The van der Waals surface area contributed by atoms with E-state index < -0.39 is 0 Å². The smallest absolute Gasteiger partial charge is 0.126 e. The van der Waals surface area contributed by atoms with Crippen LogP contribution in [0.3, 0.4) is 0 Å². The van der Waals surface area contributed by atoms with Gasteiger partial charge in [-0.3, -0.25) is 4.90 Å². The van der Waals surface area contributed by atoms with Crippen molar-refractivity contribution in [3.63, 3.8) is 0 Å². The average Bonchev–Trinajstić information content (AvgIpc) is 3.03. The summed E-state index contributed by atoms with van der Waals surface area (Å²) in [4.78, 5) is 2.38. The Bertz CT molecular complexity index is 581. The molecule has 1 atom stereocenters. The van der Waals surface area contributed by atoms with Gasteiger partial charge < -0.3 is 9.47 Å². The monoisotopic (exact) mass is 332 g/mol. The quantitative estimate of drug-likeness (QED) is 0.801. The van der Waals surface area contributed by atoms with Crippen molar-refractivity contribution in [2.24, 2.45) is 5.41 Å². The van der Waals surface area contributed by atoms with Crippen LogP contribution in [0.1, 0.15) is 32.1 Å². The van der Waals surface area contributed by atoms with Gasteiger partial charge in [-0.25, -0.2) is 4.39 Å². The number of nitriles is 1. The van der Waals surface area contributed by atoms with Crippen molar-refractivity contribution in [2.45, 2.75) is 38.2 Å². The topological polar surface area (TPSA) is 45.5 Å². The fourth-order valence-corrected chi connectivity index (χ4v) is 3.65. The maximum absolute atomic E-state index is 13.2. The summed E-state index contributed by atoms with van der Waals surface area (Å²) in [5.41, 5.74) is -0.185. The van der Waals surface area contributed by atoms with E-state index in [0.29, 0.717) is 19.0 Å².